The fraction of sp³-hybridized carbons (Fsp3) is 0.520. The Morgan fingerprint density at radius 2 is 1.80 bits per heavy atom. The van der Waals surface area contributed by atoms with Gasteiger partial charge in [-0.2, -0.15) is 0 Å². The third-order valence-corrected chi connectivity index (χ3v) is 5.86. The van der Waals surface area contributed by atoms with Crippen molar-refractivity contribution in [3.05, 3.63) is 65.1 Å². The largest absolute Gasteiger partial charge is 0.392 e. The van der Waals surface area contributed by atoms with Gasteiger partial charge in [0.2, 0.25) is 0 Å². The third-order valence-electron chi connectivity index (χ3n) is 5.86. The molecule has 5 nitrogen and oxygen atoms in total. The van der Waals surface area contributed by atoms with Gasteiger partial charge in [-0.15, -0.1) is 6.58 Å². The summed E-state index contributed by atoms with van der Waals surface area (Å²) in [5, 5.41) is 10.2. The fourth-order valence-electron chi connectivity index (χ4n) is 4.12. The minimum absolute atomic E-state index is 0.278. The number of aromatic nitrogens is 2. The van der Waals surface area contributed by atoms with Crippen LogP contribution in [-0.4, -0.2) is 58.8 Å². The van der Waals surface area contributed by atoms with Crippen LogP contribution in [0.15, 0.2) is 36.9 Å². The molecule has 2 heterocycles. The first-order chi connectivity index (χ1) is 14.5. The highest BCUT2D eigenvalue weighted by atomic mass is 16.3. The van der Waals surface area contributed by atoms with E-state index in [1.54, 1.807) is 0 Å². The standard InChI is InChI=1S/C25H36N4O/c1-5-7-8-22(30)18-28-13-15-29(16-14-28)25-23(24(6-2)26-20(4)27-25)17-21-11-9-19(3)10-12-21/h5,9-12,22,30H,1,6-8,13-18H2,2-4H3/t22-/m1/s1. The van der Waals surface area contributed by atoms with Crippen LogP contribution in [0.25, 0.3) is 0 Å². The average molecular weight is 409 g/mol. The first-order valence-electron chi connectivity index (χ1n) is 11.2. The zero-order valence-electron chi connectivity index (χ0n) is 18.8. The maximum Gasteiger partial charge on any atom is 0.136 e. The predicted octanol–water partition coefficient (Wildman–Crippen LogP) is 3.70. The first-order valence-corrected chi connectivity index (χ1v) is 11.2. The number of benzene rings is 1. The van der Waals surface area contributed by atoms with Gasteiger partial charge >= 0.3 is 0 Å². The minimum Gasteiger partial charge on any atom is -0.392 e. The second-order valence-corrected chi connectivity index (χ2v) is 8.34. The summed E-state index contributed by atoms with van der Waals surface area (Å²) in [5.41, 5.74) is 4.99. The lowest BCUT2D eigenvalue weighted by molar-refractivity contribution is 0.103. The maximum absolute atomic E-state index is 10.2. The van der Waals surface area contributed by atoms with E-state index in [9.17, 15) is 5.11 Å². The van der Waals surface area contributed by atoms with E-state index in [2.05, 4.69) is 54.5 Å². The van der Waals surface area contributed by atoms with Gasteiger partial charge in [0, 0.05) is 50.4 Å². The molecule has 0 aliphatic carbocycles. The Labute approximate surface area is 181 Å². The zero-order chi connectivity index (χ0) is 21.5. The minimum atomic E-state index is -0.278. The highest BCUT2D eigenvalue weighted by Crippen LogP contribution is 2.26. The molecule has 0 radical (unpaired) electrons. The Kier molecular flexibility index (Phi) is 8.00. The summed E-state index contributed by atoms with van der Waals surface area (Å²) in [6.45, 7) is 14.5. The number of hydrogen-bond donors (Lipinski definition) is 1. The normalized spacial score (nSPS) is 15.9. The van der Waals surface area contributed by atoms with Crippen LogP contribution in [0.4, 0.5) is 5.82 Å². The molecule has 2 aromatic rings. The van der Waals surface area contributed by atoms with Gasteiger partial charge in [0.05, 0.1) is 6.10 Å². The van der Waals surface area contributed by atoms with Crippen molar-refractivity contribution in [2.45, 2.75) is 52.6 Å². The second-order valence-electron chi connectivity index (χ2n) is 8.34. The lowest BCUT2D eigenvalue weighted by Gasteiger charge is -2.37. The van der Waals surface area contributed by atoms with Crippen molar-refractivity contribution in [3.63, 3.8) is 0 Å². The molecule has 0 amide bonds. The van der Waals surface area contributed by atoms with Crippen LogP contribution in [0.1, 0.15) is 48.0 Å². The van der Waals surface area contributed by atoms with Gasteiger partial charge in [-0.3, -0.25) is 4.90 Å². The van der Waals surface area contributed by atoms with Crippen LogP contribution in [0.5, 0.6) is 0 Å². The van der Waals surface area contributed by atoms with Crippen molar-refractivity contribution in [2.24, 2.45) is 0 Å². The number of allylic oxidation sites excluding steroid dienone is 1. The van der Waals surface area contributed by atoms with Gasteiger partial charge in [-0.25, -0.2) is 9.97 Å². The van der Waals surface area contributed by atoms with E-state index in [4.69, 9.17) is 9.97 Å². The summed E-state index contributed by atoms with van der Waals surface area (Å²) < 4.78 is 0. The van der Waals surface area contributed by atoms with Gasteiger partial charge in [0.15, 0.2) is 0 Å². The van der Waals surface area contributed by atoms with Crippen LogP contribution >= 0.6 is 0 Å². The molecule has 3 rings (SSSR count). The molecule has 1 aliphatic rings. The van der Waals surface area contributed by atoms with Gasteiger partial charge in [-0.1, -0.05) is 42.8 Å². The van der Waals surface area contributed by atoms with Crippen molar-refractivity contribution >= 4 is 5.82 Å². The molecule has 0 spiro atoms. The topological polar surface area (TPSA) is 52.5 Å². The lowest BCUT2D eigenvalue weighted by Crippen LogP contribution is -2.49. The Morgan fingerprint density at radius 3 is 2.43 bits per heavy atom. The number of rotatable bonds is 9. The number of aliphatic hydroxyl groups is 1. The summed E-state index contributed by atoms with van der Waals surface area (Å²) in [6.07, 6.45) is 5.02. The molecule has 1 N–H and O–H groups in total. The van der Waals surface area contributed by atoms with Crippen LogP contribution < -0.4 is 4.90 Å². The van der Waals surface area contributed by atoms with E-state index >= 15 is 0 Å². The van der Waals surface area contributed by atoms with Crippen LogP contribution in [0, 0.1) is 13.8 Å². The summed E-state index contributed by atoms with van der Waals surface area (Å²) in [6, 6.07) is 8.76. The summed E-state index contributed by atoms with van der Waals surface area (Å²) in [7, 11) is 0. The number of nitrogens with zero attached hydrogens (tertiary/aromatic N) is 4. The van der Waals surface area contributed by atoms with Crippen molar-refractivity contribution in [3.8, 4) is 0 Å². The van der Waals surface area contributed by atoms with Crippen LogP contribution in [0.2, 0.25) is 0 Å². The Morgan fingerprint density at radius 1 is 1.10 bits per heavy atom. The van der Waals surface area contributed by atoms with E-state index in [0.29, 0.717) is 0 Å². The number of hydrogen-bond acceptors (Lipinski definition) is 5. The second kappa shape index (κ2) is 10.7. The monoisotopic (exact) mass is 408 g/mol. The van der Waals surface area contributed by atoms with Gasteiger partial charge in [0.1, 0.15) is 11.6 Å². The van der Waals surface area contributed by atoms with Gasteiger partial charge < -0.3 is 10.0 Å². The smallest absolute Gasteiger partial charge is 0.136 e. The molecule has 1 saturated heterocycles. The van der Waals surface area contributed by atoms with E-state index in [1.807, 2.05) is 13.0 Å². The molecule has 1 fully saturated rings. The summed E-state index contributed by atoms with van der Waals surface area (Å²) in [4.78, 5) is 14.4. The van der Waals surface area contributed by atoms with E-state index < -0.39 is 0 Å². The fourth-order valence-corrected chi connectivity index (χ4v) is 4.12. The molecule has 0 bridgehead atoms. The number of piperazine rings is 1. The van der Waals surface area contributed by atoms with Gasteiger partial charge in [-0.05, 0) is 38.7 Å². The SMILES string of the molecule is C=CCC[C@@H](O)CN1CCN(c2nc(C)nc(CC)c2Cc2ccc(C)cc2)CC1. The third kappa shape index (κ3) is 5.89. The molecular formula is C25H36N4O. The molecule has 0 saturated carbocycles. The van der Waals surface area contributed by atoms with Crippen LogP contribution in [0.3, 0.4) is 0 Å². The highest BCUT2D eigenvalue weighted by Gasteiger charge is 2.24. The molecule has 1 aromatic carbocycles. The van der Waals surface area contributed by atoms with Crippen molar-refractivity contribution in [1.29, 1.82) is 0 Å². The Bertz CT molecular complexity index is 826. The number of aryl methyl sites for hydroxylation is 3. The molecule has 1 aliphatic heterocycles. The quantitative estimate of drug-likeness (QED) is 0.641. The number of anilines is 1. The van der Waals surface area contributed by atoms with Crippen molar-refractivity contribution in [1.82, 2.24) is 14.9 Å². The molecular weight excluding hydrogens is 372 g/mol. The molecule has 0 unspecified atom stereocenters. The van der Waals surface area contributed by atoms with Crippen molar-refractivity contribution in [2.75, 3.05) is 37.6 Å². The van der Waals surface area contributed by atoms with Crippen LogP contribution in [-0.2, 0) is 12.8 Å². The predicted molar refractivity (Wildman–Crippen MR) is 124 cm³/mol. The first kappa shape index (κ1) is 22.4. The zero-order valence-corrected chi connectivity index (χ0v) is 18.8. The molecule has 30 heavy (non-hydrogen) atoms. The summed E-state index contributed by atoms with van der Waals surface area (Å²) in [5.74, 6) is 1.93. The van der Waals surface area contributed by atoms with E-state index in [-0.39, 0.29) is 6.10 Å². The number of β-amino-alcohol motifs (C(OH)–C–C–N with tert-alkyl or cyclic N) is 1. The van der Waals surface area contributed by atoms with E-state index in [0.717, 1.165) is 75.7 Å². The number of aliphatic hydroxyl groups excluding tert-OH is 1. The lowest BCUT2D eigenvalue weighted by atomic mass is 10.0. The highest BCUT2D eigenvalue weighted by molar-refractivity contribution is 5.52. The van der Waals surface area contributed by atoms with Gasteiger partial charge in [0.25, 0.3) is 0 Å². The molecule has 162 valence electrons. The molecule has 1 atom stereocenters. The molecule has 1 aromatic heterocycles. The maximum atomic E-state index is 10.2. The van der Waals surface area contributed by atoms with E-state index in [1.165, 1.54) is 16.7 Å². The molecule has 5 heteroatoms. The Hall–Kier alpha value is -2.24. The Balaban J connectivity index is 1.74. The average Bonchev–Trinajstić information content (AvgIpc) is 2.75. The van der Waals surface area contributed by atoms with Crippen molar-refractivity contribution < 1.29 is 5.11 Å². The summed E-state index contributed by atoms with van der Waals surface area (Å²) >= 11 is 0.